The quantitative estimate of drug-likeness (QED) is 0.726. The van der Waals surface area contributed by atoms with Gasteiger partial charge in [0.25, 0.3) is 0 Å². The Kier molecular flexibility index (Phi) is 7.01. The average molecular weight is 229 g/mol. The number of methoxy groups -OCH3 is 1. The molecule has 16 heavy (non-hydrogen) atoms. The first-order valence-corrected chi connectivity index (χ1v) is 6.60. The maximum atomic E-state index is 5.40. The lowest BCUT2D eigenvalue weighted by Gasteiger charge is -2.28. The fourth-order valence-corrected chi connectivity index (χ4v) is 2.43. The Balaban J connectivity index is 2.30. The molecule has 3 nitrogen and oxygen atoms in total. The normalized spacial score (nSPS) is 21.9. The van der Waals surface area contributed by atoms with Crippen LogP contribution in [0.15, 0.2) is 0 Å². The summed E-state index contributed by atoms with van der Waals surface area (Å²) in [5, 5.41) is 3.57. The van der Waals surface area contributed by atoms with E-state index in [-0.39, 0.29) is 0 Å². The van der Waals surface area contributed by atoms with Crippen LogP contribution in [0.4, 0.5) is 0 Å². The lowest BCUT2D eigenvalue weighted by atomic mass is 9.90. The largest absolute Gasteiger partial charge is 0.382 e. The van der Waals surface area contributed by atoms with Crippen LogP contribution in [0.2, 0.25) is 0 Å². The Labute approximate surface area is 99.9 Å². The van der Waals surface area contributed by atoms with Crippen LogP contribution in [0.5, 0.6) is 0 Å². The van der Waals surface area contributed by atoms with Gasteiger partial charge in [0.05, 0.1) is 6.10 Å². The predicted molar refractivity (Wildman–Crippen MR) is 66.7 cm³/mol. The third-order valence-electron chi connectivity index (χ3n) is 3.47. The molecular formula is C13H27NO2. The molecule has 0 aliphatic carbocycles. The Hall–Kier alpha value is -0.120. The van der Waals surface area contributed by atoms with Gasteiger partial charge in [-0.05, 0) is 45.1 Å². The minimum Gasteiger partial charge on any atom is -0.382 e. The first-order valence-electron chi connectivity index (χ1n) is 6.60. The van der Waals surface area contributed by atoms with Gasteiger partial charge in [0.15, 0.2) is 0 Å². The van der Waals surface area contributed by atoms with Gasteiger partial charge in [-0.25, -0.2) is 0 Å². The van der Waals surface area contributed by atoms with E-state index in [1.165, 1.54) is 19.3 Å². The summed E-state index contributed by atoms with van der Waals surface area (Å²) in [5.74, 6) is 0.835. The van der Waals surface area contributed by atoms with Crippen molar-refractivity contribution in [3.63, 3.8) is 0 Å². The molecule has 0 spiro atoms. The van der Waals surface area contributed by atoms with Crippen molar-refractivity contribution in [1.82, 2.24) is 5.32 Å². The smallest absolute Gasteiger partial charge is 0.0558 e. The lowest BCUT2D eigenvalue weighted by Crippen LogP contribution is -2.35. The molecular weight excluding hydrogens is 202 g/mol. The van der Waals surface area contributed by atoms with Gasteiger partial charge >= 0.3 is 0 Å². The topological polar surface area (TPSA) is 30.5 Å². The third kappa shape index (κ3) is 5.28. The molecule has 1 aliphatic rings. The Morgan fingerprint density at radius 3 is 2.62 bits per heavy atom. The molecule has 0 amide bonds. The van der Waals surface area contributed by atoms with Crippen molar-refractivity contribution in [2.45, 2.75) is 51.7 Å². The molecule has 0 aromatic heterocycles. The monoisotopic (exact) mass is 229 g/mol. The van der Waals surface area contributed by atoms with E-state index in [1.807, 2.05) is 0 Å². The highest BCUT2D eigenvalue weighted by molar-refractivity contribution is 4.75. The van der Waals surface area contributed by atoms with Crippen molar-refractivity contribution in [3.05, 3.63) is 0 Å². The molecule has 0 aromatic carbocycles. The van der Waals surface area contributed by atoms with Crippen molar-refractivity contribution in [2.24, 2.45) is 5.92 Å². The summed E-state index contributed by atoms with van der Waals surface area (Å²) in [7, 11) is 1.79. The molecule has 1 aliphatic heterocycles. The molecule has 1 rings (SSSR count). The number of rotatable bonds is 7. The van der Waals surface area contributed by atoms with E-state index in [9.17, 15) is 0 Å². The van der Waals surface area contributed by atoms with Crippen molar-refractivity contribution < 1.29 is 9.47 Å². The second-order valence-corrected chi connectivity index (χ2v) is 4.83. The standard InChI is InChI=1S/C13H27NO2/c1-4-14-13(9-11(2)15-3)10-12-5-7-16-8-6-12/h11-14H,4-10H2,1-3H3. The first kappa shape index (κ1) is 13.9. The molecule has 0 aromatic rings. The van der Waals surface area contributed by atoms with E-state index in [2.05, 4.69) is 19.2 Å². The summed E-state index contributed by atoms with van der Waals surface area (Å²) in [6.07, 6.45) is 5.18. The lowest BCUT2D eigenvalue weighted by molar-refractivity contribution is 0.0544. The SMILES string of the molecule is CCNC(CC1CCOCC1)CC(C)OC. The van der Waals surface area contributed by atoms with Crippen LogP contribution in [0.25, 0.3) is 0 Å². The zero-order valence-corrected chi connectivity index (χ0v) is 11.0. The molecule has 3 heteroatoms. The van der Waals surface area contributed by atoms with Crippen LogP contribution in [0, 0.1) is 5.92 Å². The van der Waals surface area contributed by atoms with Gasteiger partial charge in [-0.2, -0.15) is 0 Å². The number of nitrogens with one attached hydrogen (secondary N) is 1. The molecule has 96 valence electrons. The second-order valence-electron chi connectivity index (χ2n) is 4.83. The second kappa shape index (κ2) is 8.04. The van der Waals surface area contributed by atoms with Crippen LogP contribution >= 0.6 is 0 Å². The zero-order valence-electron chi connectivity index (χ0n) is 11.0. The molecule has 1 N–H and O–H groups in total. The summed E-state index contributed by atoms with van der Waals surface area (Å²) in [6.45, 7) is 7.26. The van der Waals surface area contributed by atoms with Crippen LogP contribution in [-0.2, 0) is 9.47 Å². The maximum absolute atomic E-state index is 5.40. The summed E-state index contributed by atoms with van der Waals surface area (Å²) < 4.78 is 10.7. The molecule has 0 radical (unpaired) electrons. The van der Waals surface area contributed by atoms with E-state index >= 15 is 0 Å². The average Bonchev–Trinajstić information content (AvgIpc) is 2.30. The van der Waals surface area contributed by atoms with Crippen LogP contribution in [0.1, 0.15) is 39.5 Å². The van der Waals surface area contributed by atoms with Gasteiger partial charge < -0.3 is 14.8 Å². The molecule has 1 saturated heterocycles. The highest BCUT2D eigenvalue weighted by atomic mass is 16.5. The highest BCUT2D eigenvalue weighted by Gasteiger charge is 2.20. The Bertz CT molecular complexity index is 169. The minimum atomic E-state index is 0.351. The van der Waals surface area contributed by atoms with Gasteiger partial charge in [-0.15, -0.1) is 0 Å². The van der Waals surface area contributed by atoms with Gasteiger partial charge in [0.2, 0.25) is 0 Å². The molecule has 2 atom stereocenters. The van der Waals surface area contributed by atoms with Gasteiger partial charge in [0, 0.05) is 26.4 Å². The summed E-state index contributed by atoms with van der Waals surface area (Å²) >= 11 is 0. The molecule has 1 fully saturated rings. The van der Waals surface area contributed by atoms with Crippen molar-refractivity contribution in [3.8, 4) is 0 Å². The number of ether oxygens (including phenoxy) is 2. The summed E-state index contributed by atoms with van der Waals surface area (Å²) in [4.78, 5) is 0. The predicted octanol–water partition coefficient (Wildman–Crippen LogP) is 2.21. The zero-order chi connectivity index (χ0) is 11.8. The van der Waals surface area contributed by atoms with E-state index in [4.69, 9.17) is 9.47 Å². The van der Waals surface area contributed by atoms with E-state index < -0.39 is 0 Å². The van der Waals surface area contributed by atoms with E-state index in [0.29, 0.717) is 12.1 Å². The molecule has 0 bridgehead atoms. The molecule has 1 heterocycles. The number of hydrogen-bond donors (Lipinski definition) is 1. The summed E-state index contributed by atoms with van der Waals surface area (Å²) in [6, 6.07) is 0.600. The summed E-state index contributed by atoms with van der Waals surface area (Å²) in [5.41, 5.74) is 0. The maximum Gasteiger partial charge on any atom is 0.0558 e. The number of hydrogen-bond acceptors (Lipinski definition) is 3. The molecule has 0 saturated carbocycles. The Morgan fingerprint density at radius 2 is 2.06 bits per heavy atom. The van der Waals surface area contributed by atoms with Crippen LogP contribution in [0.3, 0.4) is 0 Å². The Morgan fingerprint density at radius 1 is 1.38 bits per heavy atom. The van der Waals surface area contributed by atoms with Gasteiger partial charge in [-0.1, -0.05) is 6.92 Å². The first-order chi connectivity index (χ1) is 7.76. The fourth-order valence-electron chi connectivity index (χ4n) is 2.43. The third-order valence-corrected chi connectivity index (χ3v) is 3.47. The van der Waals surface area contributed by atoms with E-state index in [1.54, 1.807) is 7.11 Å². The van der Waals surface area contributed by atoms with Crippen molar-refractivity contribution in [2.75, 3.05) is 26.9 Å². The van der Waals surface area contributed by atoms with Crippen LogP contribution in [-0.4, -0.2) is 39.0 Å². The van der Waals surface area contributed by atoms with Crippen LogP contribution < -0.4 is 5.32 Å². The van der Waals surface area contributed by atoms with Crippen molar-refractivity contribution >= 4 is 0 Å². The highest BCUT2D eigenvalue weighted by Crippen LogP contribution is 2.22. The fraction of sp³-hybridized carbons (Fsp3) is 1.00. The molecule has 2 unspecified atom stereocenters. The van der Waals surface area contributed by atoms with Crippen molar-refractivity contribution in [1.29, 1.82) is 0 Å². The van der Waals surface area contributed by atoms with Gasteiger partial charge in [-0.3, -0.25) is 0 Å². The minimum absolute atomic E-state index is 0.351. The van der Waals surface area contributed by atoms with Gasteiger partial charge in [0.1, 0.15) is 0 Å². The van der Waals surface area contributed by atoms with E-state index in [0.717, 1.165) is 32.1 Å².